The highest BCUT2D eigenvalue weighted by Gasteiger charge is 2.20. The molecule has 1 unspecified atom stereocenters. The van der Waals surface area contributed by atoms with Gasteiger partial charge in [-0.15, -0.1) is 0 Å². The maximum atomic E-state index is 5.44. The molecule has 18 heavy (non-hydrogen) atoms. The van der Waals surface area contributed by atoms with Gasteiger partial charge in [-0.1, -0.05) is 31.9 Å². The summed E-state index contributed by atoms with van der Waals surface area (Å²) in [4.78, 5) is 0. The van der Waals surface area contributed by atoms with Crippen LogP contribution in [0.2, 0.25) is 0 Å². The smallest absolute Gasteiger partial charge is 0.122 e. The Labute approximate surface area is 111 Å². The molecule has 0 radical (unpaired) electrons. The first-order valence-electron chi connectivity index (χ1n) is 7.23. The van der Waals surface area contributed by atoms with Crippen molar-refractivity contribution in [2.45, 2.75) is 51.5 Å². The highest BCUT2D eigenvalue weighted by molar-refractivity contribution is 5.42. The van der Waals surface area contributed by atoms with Crippen LogP contribution in [0.4, 0.5) is 0 Å². The summed E-state index contributed by atoms with van der Waals surface area (Å²) in [5.41, 5.74) is 2.89. The fraction of sp³-hybridized carbons (Fsp3) is 0.625. The van der Waals surface area contributed by atoms with Crippen LogP contribution in [0.3, 0.4) is 0 Å². The maximum absolute atomic E-state index is 5.44. The molecule has 0 fully saturated rings. The molecule has 0 aliphatic heterocycles. The Kier molecular flexibility index (Phi) is 5.06. The third-order valence-electron chi connectivity index (χ3n) is 3.87. The molecule has 0 amide bonds. The zero-order chi connectivity index (χ0) is 12.8. The summed E-state index contributed by atoms with van der Waals surface area (Å²) >= 11 is 0. The van der Waals surface area contributed by atoms with E-state index in [1.54, 1.807) is 7.11 Å². The minimum atomic E-state index is 0.654. The molecule has 1 aromatic carbocycles. The summed E-state index contributed by atoms with van der Waals surface area (Å²) in [6.45, 7) is 3.42. The van der Waals surface area contributed by atoms with Gasteiger partial charge in [-0.2, -0.15) is 0 Å². The monoisotopic (exact) mass is 247 g/mol. The van der Waals surface area contributed by atoms with Crippen LogP contribution in [0.5, 0.6) is 5.75 Å². The van der Waals surface area contributed by atoms with Crippen LogP contribution in [0.25, 0.3) is 0 Å². The summed E-state index contributed by atoms with van der Waals surface area (Å²) in [5.74, 6) is 1.07. The van der Waals surface area contributed by atoms with Crippen molar-refractivity contribution < 1.29 is 4.74 Å². The van der Waals surface area contributed by atoms with Crippen molar-refractivity contribution in [2.24, 2.45) is 0 Å². The minimum Gasteiger partial charge on any atom is -0.496 e. The second kappa shape index (κ2) is 6.79. The molecule has 1 aliphatic carbocycles. The Bertz CT molecular complexity index is 375. The van der Waals surface area contributed by atoms with Crippen LogP contribution >= 0.6 is 0 Å². The molecular formula is C16H25NO. The van der Waals surface area contributed by atoms with E-state index in [-0.39, 0.29) is 0 Å². The van der Waals surface area contributed by atoms with E-state index in [9.17, 15) is 0 Å². The quantitative estimate of drug-likeness (QED) is 0.779. The highest BCUT2D eigenvalue weighted by atomic mass is 16.5. The van der Waals surface area contributed by atoms with Crippen LogP contribution < -0.4 is 10.1 Å². The number of nitrogens with one attached hydrogen (secondary N) is 1. The van der Waals surface area contributed by atoms with Gasteiger partial charge in [-0.05, 0) is 49.4 Å². The zero-order valence-corrected chi connectivity index (χ0v) is 11.7. The van der Waals surface area contributed by atoms with Gasteiger partial charge in [0.25, 0.3) is 0 Å². The largest absolute Gasteiger partial charge is 0.496 e. The van der Waals surface area contributed by atoms with Crippen molar-refractivity contribution in [3.8, 4) is 5.75 Å². The Balaban J connectivity index is 1.90. The van der Waals surface area contributed by atoms with Gasteiger partial charge in [0.1, 0.15) is 5.75 Å². The first-order chi connectivity index (χ1) is 8.85. The van der Waals surface area contributed by atoms with E-state index in [2.05, 4.69) is 30.4 Å². The van der Waals surface area contributed by atoms with Crippen LogP contribution in [0, 0.1) is 0 Å². The topological polar surface area (TPSA) is 21.3 Å². The minimum absolute atomic E-state index is 0.654. The number of benzene rings is 1. The third kappa shape index (κ3) is 3.26. The number of rotatable bonds is 6. The van der Waals surface area contributed by atoms with Crippen molar-refractivity contribution in [3.63, 3.8) is 0 Å². The standard InChI is InChI=1S/C16H25NO/c1-3-4-5-11-17-14-9-10-15-13(12-14)7-6-8-16(15)18-2/h6-8,14,17H,3-5,9-12H2,1-2H3. The molecule has 1 aromatic rings. The van der Waals surface area contributed by atoms with Gasteiger partial charge < -0.3 is 10.1 Å². The number of ether oxygens (including phenoxy) is 1. The first-order valence-corrected chi connectivity index (χ1v) is 7.23. The van der Waals surface area contributed by atoms with E-state index in [4.69, 9.17) is 4.74 Å². The lowest BCUT2D eigenvalue weighted by Crippen LogP contribution is -2.35. The predicted octanol–water partition coefficient (Wildman–Crippen LogP) is 3.33. The molecule has 2 rings (SSSR count). The van der Waals surface area contributed by atoms with Gasteiger partial charge >= 0.3 is 0 Å². The van der Waals surface area contributed by atoms with Gasteiger partial charge in [0.2, 0.25) is 0 Å². The van der Waals surface area contributed by atoms with Gasteiger partial charge in [0, 0.05) is 6.04 Å². The molecule has 0 aromatic heterocycles. The summed E-state index contributed by atoms with van der Waals surface area (Å²) < 4.78 is 5.44. The maximum Gasteiger partial charge on any atom is 0.122 e. The number of fused-ring (bicyclic) bond motifs is 1. The lowest BCUT2D eigenvalue weighted by atomic mass is 9.87. The Morgan fingerprint density at radius 3 is 3.00 bits per heavy atom. The summed E-state index contributed by atoms with van der Waals surface area (Å²) in [7, 11) is 1.77. The normalized spacial score (nSPS) is 18.4. The molecule has 0 heterocycles. The second-order valence-electron chi connectivity index (χ2n) is 5.20. The molecule has 2 nitrogen and oxygen atoms in total. The SMILES string of the molecule is CCCCCNC1CCc2c(cccc2OC)C1. The molecular weight excluding hydrogens is 222 g/mol. The molecule has 1 N–H and O–H groups in total. The van der Waals surface area contributed by atoms with Crippen molar-refractivity contribution in [1.82, 2.24) is 5.32 Å². The van der Waals surface area contributed by atoms with Crippen LogP contribution in [0.1, 0.15) is 43.7 Å². The molecule has 1 atom stereocenters. The number of hydrogen-bond donors (Lipinski definition) is 1. The van der Waals surface area contributed by atoms with Crippen molar-refractivity contribution in [2.75, 3.05) is 13.7 Å². The van der Waals surface area contributed by atoms with E-state index in [1.807, 2.05) is 0 Å². The van der Waals surface area contributed by atoms with Gasteiger partial charge in [0.15, 0.2) is 0 Å². The van der Waals surface area contributed by atoms with Crippen LogP contribution in [-0.4, -0.2) is 19.7 Å². The van der Waals surface area contributed by atoms with Crippen molar-refractivity contribution >= 4 is 0 Å². The number of methoxy groups -OCH3 is 1. The average molecular weight is 247 g/mol. The second-order valence-corrected chi connectivity index (χ2v) is 5.20. The van der Waals surface area contributed by atoms with E-state index < -0.39 is 0 Å². The Hall–Kier alpha value is -1.02. The van der Waals surface area contributed by atoms with Gasteiger partial charge in [-0.25, -0.2) is 0 Å². The van der Waals surface area contributed by atoms with E-state index in [0.717, 1.165) is 25.1 Å². The van der Waals surface area contributed by atoms with E-state index in [0.29, 0.717) is 6.04 Å². The molecule has 0 bridgehead atoms. The fourth-order valence-corrected chi connectivity index (χ4v) is 2.82. The van der Waals surface area contributed by atoms with Crippen molar-refractivity contribution in [1.29, 1.82) is 0 Å². The summed E-state index contributed by atoms with van der Waals surface area (Å²) in [6.07, 6.45) is 7.47. The average Bonchev–Trinajstić information content (AvgIpc) is 2.42. The van der Waals surface area contributed by atoms with Gasteiger partial charge in [0.05, 0.1) is 7.11 Å². The zero-order valence-electron chi connectivity index (χ0n) is 11.7. The molecule has 100 valence electrons. The molecule has 1 aliphatic rings. The number of unbranched alkanes of at least 4 members (excludes halogenated alkanes) is 2. The molecule has 0 spiro atoms. The van der Waals surface area contributed by atoms with E-state index >= 15 is 0 Å². The lowest BCUT2D eigenvalue weighted by molar-refractivity contribution is 0.396. The van der Waals surface area contributed by atoms with Crippen molar-refractivity contribution in [3.05, 3.63) is 29.3 Å². The Morgan fingerprint density at radius 2 is 2.22 bits per heavy atom. The summed E-state index contributed by atoms with van der Waals surface area (Å²) in [5, 5.41) is 3.69. The van der Waals surface area contributed by atoms with Crippen LogP contribution in [-0.2, 0) is 12.8 Å². The lowest BCUT2D eigenvalue weighted by Gasteiger charge is -2.26. The highest BCUT2D eigenvalue weighted by Crippen LogP contribution is 2.29. The van der Waals surface area contributed by atoms with Crippen LogP contribution in [0.15, 0.2) is 18.2 Å². The molecule has 2 heteroatoms. The van der Waals surface area contributed by atoms with E-state index in [1.165, 1.54) is 36.8 Å². The number of hydrogen-bond acceptors (Lipinski definition) is 2. The molecule has 0 saturated heterocycles. The predicted molar refractivity (Wildman–Crippen MR) is 76.3 cm³/mol. The first kappa shape index (κ1) is 13.4. The Morgan fingerprint density at radius 1 is 1.33 bits per heavy atom. The van der Waals surface area contributed by atoms with Gasteiger partial charge in [-0.3, -0.25) is 0 Å². The summed E-state index contributed by atoms with van der Waals surface area (Å²) in [6, 6.07) is 7.09. The third-order valence-corrected chi connectivity index (χ3v) is 3.87. The molecule has 0 saturated carbocycles. The fourth-order valence-electron chi connectivity index (χ4n) is 2.82.